The number of fused-ring (bicyclic) bond motifs is 1. The Bertz CT molecular complexity index is 1150. The first-order valence-electron chi connectivity index (χ1n) is 8.84. The van der Waals surface area contributed by atoms with Crippen LogP contribution in [0.5, 0.6) is 5.75 Å². The molecular formula is C23H15F3O2S. The molecule has 1 heterocycles. The molecule has 6 heteroatoms. The summed E-state index contributed by atoms with van der Waals surface area (Å²) in [4.78, 5) is 13.5. The molecule has 0 saturated carbocycles. The molecule has 0 unspecified atom stereocenters. The van der Waals surface area contributed by atoms with Crippen LogP contribution in [0.15, 0.2) is 78.9 Å². The smallest absolute Gasteiger partial charge is 0.416 e. The minimum atomic E-state index is -4.38. The Labute approximate surface area is 169 Å². The molecule has 0 spiro atoms. The van der Waals surface area contributed by atoms with E-state index in [0.29, 0.717) is 21.8 Å². The summed E-state index contributed by atoms with van der Waals surface area (Å²) < 4.78 is 45.1. The highest BCUT2D eigenvalue weighted by Crippen LogP contribution is 2.39. The summed E-state index contributed by atoms with van der Waals surface area (Å²) in [5, 5.41) is 0.809. The minimum Gasteiger partial charge on any atom is -0.487 e. The summed E-state index contributed by atoms with van der Waals surface area (Å²) in [5.74, 6) is 0.313. The monoisotopic (exact) mass is 412 g/mol. The second-order valence-electron chi connectivity index (χ2n) is 6.43. The highest BCUT2D eigenvalue weighted by molar-refractivity contribution is 7.21. The van der Waals surface area contributed by atoms with Crippen molar-refractivity contribution in [2.45, 2.75) is 12.8 Å². The van der Waals surface area contributed by atoms with Crippen LogP contribution in [0.3, 0.4) is 0 Å². The van der Waals surface area contributed by atoms with Gasteiger partial charge in [-0.3, -0.25) is 4.79 Å². The number of rotatable bonds is 5. The first-order chi connectivity index (χ1) is 13.9. The Morgan fingerprint density at radius 2 is 1.52 bits per heavy atom. The summed E-state index contributed by atoms with van der Waals surface area (Å²) in [6, 6.07) is 21.3. The zero-order valence-electron chi connectivity index (χ0n) is 15.1. The number of benzene rings is 3. The molecule has 3 aromatic carbocycles. The van der Waals surface area contributed by atoms with Gasteiger partial charge in [0.2, 0.25) is 5.78 Å². The maximum Gasteiger partial charge on any atom is 0.416 e. The first-order valence-corrected chi connectivity index (χ1v) is 9.65. The Morgan fingerprint density at radius 3 is 2.21 bits per heavy atom. The number of hydrogen-bond donors (Lipinski definition) is 0. The molecule has 0 aliphatic carbocycles. The summed E-state index contributed by atoms with van der Waals surface area (Å²) >= 11 is 1.34. The Hall–Kier alpha value is -3.12. The Balaban J connectivity index is 1.65. The maximum absolute atomic E-state index is 13.0. The van der Waals surface area contributed by atoms with Crippen LogP contribution in [0.25, 0.3) is 10.1 Å². The van der Waals surface area contributed by atoms with Crippen LogP contribution in [0.2, 0.25) is 0 Å². The zero-order chi connectivity index (χ0) is 20.4. The summed E-state index contributed by atoms with van der Waals surface area (Å²) in [6.07, 6.45) is -4.38. The fraction of sp³-hybridized carbons (Fsp3) is 0.0870. The number of hydrogen-bond acceptors (Lipinski definition) is 3. The lowest BCUT2D eigenvalue weighted by atomic mass is 10.1. The van der Waals surface area contributed by atoms with Crippen molar-refractivity contribution in [3.05, 3.63) is 100 Å². The van der Waals surface area contributed by atoms with Gasteiger partial charge in [-0.15, -0.1) is 11.3 Å². The molecule has 0 fully saturated rings. The van der Waals surface area contributed by atoms with Gasteiger partial charge < -0.3 is 4.74 Å². The van der Waals surface area contributed by atoms with Crippen molar-refractivity contribution in [2.75, 3.05) is 0 Å². The van der Waals surface area contributed by atoms with Crippen molar-refractivity contribution in [3.63, 3.8) is 0 Å². The van der Waals surface area contributed by atoms with E-state index in [1.54, 1.807) is 24.3 Å². The first kappa shape index (κ1) is 19.2. The van der Waals surface area contributed by atoms with Gasteiger partial charge in [0.1, 0.15) is 17.2 Å². The molecule has 29 heavy (non-hydrogen) atoms. The molecule has 0 atom stereocenters. The van der Waals surface area contributed by atoms with Crippen LogP contribution in [0.4, 0.5) is 13.2 Å². The average Bonchev–Trinajstić information content (AvgIpc) is 3.10. The molecule has 0 N–H and O–H groups in total. The van der Waals surface area contributed by atoms with Gasteiger partial charge in [0.05, 0.1) is 5.56 Å². The number of alkyl halides is 3. The molecule has 0 aliphatic heterocycles. The van der Waals surface area contributed by atoms with Crippen LogP contribution < -0.4 is 4.74 Å². The van der Waals surface area contributed by atoms with Gasteiger partial charge in [-0.25, -0.2) is 0 Å². The van der Waals surface area contributed by atoms with Crippen LogP contribution in [-0.4, -0.2) is 5.78 Å². The predicted molar refractivity (Wildman–Crippen MR) is 107 cm³/mol. The Morgan fingerprint density at radius 1 is 0.862 bits per heavy atom. The molecule has 4 rings (SSSR count). The van der Waals surface area contributed by atoms with Gasteiger partial charge in [-0.05, 0) is 29.8 Å². The van der Waals surface area contributed by atoms with E-state index in [2.05, 4.69) is 0 Å². The molecule has 146 valence electrons. The number of halogens is 3. The lowest BCUT2D eigenvalue weighted by Gasteiger charge is -2.10. The highest BCUT2D eigenvalue weighted by Gasteiger charge is 2.30. The lowest BCUT2D eigenvalue weighted by Crippen LogP contribution is -2.06. The Kier molecular flexibility index (Phi) is 5.11. The predicted octanol–water partition coefficient (Wildman–Crippen LogP) is 6.73. The van der Waals surface area contributed by atoms with E-state index < -0.39 is 11.7 Å². The second kappa shape index (κ2) is 7.72. The minimum absolute atomic E-state index is 0.0634. The van der Waals surface area contributed by atoms with Crippen molar-refractivity contribution in [3.8, 4) is 5.75 Å². The third kappa shape index (κ3) is 4.03. The van der Waals surface area contributed by atoms with Gasteiger partial charge in [0.15, 0.2) is 0 Å². The van der Waals surface area contributed by atoms with Gasteiger partial charge in [0, 0.05) is 15.6 Å². The fourth-order valence-corrected chi connectivity index (χ4v) is 4.09. The molecule has 2 nitrogen and oxygen atoms in total. The van der Waals surface area contributed by atoms with E-state index in [4.69, 9.17) is 4.74 Å². The van der Waals surface area contributed by atoms with Gasteiger partial charge in [-0.2, -0.15) is 13.2 Å². The summed E-state index contributed by atoms with van der Waals surface area (Å²) in [5.41, 5.74) is 0.437. The van der Waals surface area contributed by atoms with Crippen molar-refractivity contribution in [2.24, 2.45) is 0 Å². The quantitative estimate of drug-likeness (QED) is 0.340. The zero-order valence-corrected chi connectivity index (χ0v) is 15.9. The van der Waals surface area contributed by atoms with E-state index in [1.807, 2.05) is 30.3 Å². The van der Waals surface area contributed by atoms with Crippen LogP contribution >= 0.6 is 11.3 Å². The van der Waals surface area contributed by atoms with E-state index in [1.165, 1.54) is 23.5 Å². The normalized spacial score (nSPS) is 11.6. The summed E-state index contributed by atoms with van der Waals surface area (Å²) in [7, 11) is 0. The third-order valence-electron chi connectivity index (χ3n) is 4.46. The van der Waals surface area contributed by atoms with E-state index in [0.717, 1.165) is 22.2 Å². The number of carbonyl (C=O) groups is 1. The summed E-state index contributed by atoms with van der Waals surface area (Å²) in [6.45, 7) is 0.0634. The SMILES string of the molecule is O=C(c1ccccc1)c1sc2ccccc2c1OCc1ccc(C(F)(F)F)cc1. The van der Waals surface area contributed by atoms with E-state index in [-0.39, 0.29) is 12.4 Å². The van der Waals surface area contributed by atoms with Crippen molar-refractivity contribution >= 4 is 27.2 Å². The molecule has 0 radical (unpaired) electrons. The van der Waals surface area contributed by atoms with Gasteiger partial charge >= 0.3 is 6.18 Å². The van der Waals surface area contributed by atoms with Gasteiger partial charge in [0.25, 0.3) is 0 Å². The van der Waals surface area contributed by atoms with E-state index in [9.17, 15) is 18.0 Å². The number of ether oxygens (including phenoxy) is 1. The number of thiophene rings is 1. The molecule has 0 bridgehead atoms. The van der Waals surface area contributed by atoms with Crippen molar-refractivity contribution in [1.82, 2.24) is 0 Å². The molecule has 0 amide bonds. The van der Waals surface area contributed by atoms with Crippen LogP contribution in [-0.2, 0) is 12.8 Å². The largest absolute Gasteiger partial charge is 0.487 e. The topological polar surface area (TPSA) is 26.3 Å². The molecular weight excluding hydrogens is 397 g/mol. The second-order valence-corrected chi connectivity index (χ2v) is 7.49. The number of carbonyl (C=O) groups excluding carboxylic acids is 1. The highest BCUT2D eigenvalue weighted by atomic mass is 32.1. The van der Waals surface area contributed by atoms with Crippen molar-refractivity contribution < 1.29 is 22.7 Å². The lowest BCUT2D eigenvalue weighted by molar-refractivity contribution is -0.137. The maximum atomic E-state index is 13.0. The molecule has 1 aromatic heterocycles. The average molecular weight is 412 g/mol. The number of ketones is 1. The van der Waals surface area contributed by atoms with Crippen molar-refractivity contribution in [1.29, 1.82) is 0 Å². The van der Waals surface area contributed by atoms with Gasteiger partial charge in [-0.1, -0.05) is 54.6 Å². The fourth-order valence-electron chi connectivity index (χ4n) is 2.98. The third-order valence-corrected chi connectivity index (χ3v) is 5.61. The molecule has 0 saturated heterocycles. The van der Waals surface area contributed by atoms with Crippen LogP contribution in [0.1, 0.15) is 26.4 Å². The standard InChI is InChI=1S/C23H15F3O2S/c24-23(25,26)17-12-10-15(11-13-17)14-28-21-18-8-4-5-9-19(18)29-22(21)20(27)16-6-2-1-3-7-16/h1-13H,14H2. The van der Waals surface area contributed by atoms with E-state index >= 15 is 0 Å². The molecule has 0 aliphatic rings. The molecule has 4 aromatic rings. The van der Waals surface area contributed by atoms with Crippen LogP contribution in [0, 0.1) is 0 Å².